The zero-order chi connectivity index (χ0) is 14.2. The van der Waals surface area contributed by atoms with Crippen molar-refractivity contribution in [3.63, 3.8) is 0 Å². The maximum Gasteiger partial charge on any atom is 0.258 e. The normalized spacial score (nSPS) is 10.2. The van der Waals surface area contributed by atoms with E-state index in [4.69, 9.17) is 4.74 Å². The Bertz CT molecular complexity index is 523. The fourth-order valence-electron chi connectivity index (χ4n) is 1.71. The average Bonchev–Trinajstić information content (AvgIpc) is 2.98. The number of thiophene rings is 1. The Labute approximate surface area is 122 Å². The molecule has 20 heavy (non-hydrogen) atoms. The zero-order valence-corrected chi connectivity index (χ0v) is 12.2. The Morgan fingerprint density at radius 1 is 1.20 bits per heavy atom. The molecule has 1 heterocycles. The van der Waals surface area contributed by atoms with Crippen LogP contribution in [0.4, 0.5) is 0 Å². The van der Waals surface area contributed by atoms with Gasteiger partial charge in [0.15, 0.2) is 6.61 Å². The van der Waals surface area contributed by atoms with E-state index >= 15 is 0 Å². The molecule has 4 nitrogen and oxygen atoms in total. The van der Waals surface area contributed by atoms with Crippen LogP contribution in [0.5, 0.6) is 5.75 Å². The predicted octanol–water partition coefficient (Wildman–Crippen LogP) is 2.16. The van der Waals surface area contributed by atoms with Crippen LogP contribution in [-0.4, -0.2) is 19.6 Å². The molecule has 1 aromatic carbocycles. The molecule has 0 radical (unpaired) electrons. The molecular formula is C15H18N2O2S. The molecular weight excluding hydrogens is 272 g/mol. The second-order valence-electron chi connectivity index (χ2n) is 4.32. The second-order valence-corrected chi connectivity index (χ2v) is 5.35. The van der Waals surface area contributed by atoms with E-state index in [-0.39, 0.29) is 12.5 Å². The van der Waals surface area contributed by atoms with Crippen LogP contribution in [0.1, 0.15) is 10.4 Å². The number of rotatable bonds is 7. The zero-order valence-electron chi connectivity index (χ0n) is 11.4. The topological polar surface area (TPSA) is 50.4 Å². The maximum atomic E-state index is 11.6. The van der Waals surface area contributed by atoms with Gasteiger partial charge in [-0.05, 0) is 36.2 Å². The summed E-state index contributed by atoms with van der Waals surface area (Å²) in [6.45, 7) is 1.42. The Kier molecular flexibility index (Phi) is 5.58. The monoisotopic (exact) mass is 290 g/mol. The molecule has 0 aliphatic rings. The lowest BCUT2D eigenvalue weighted by molar-refractivity contribution is -0.123. The summed E-state index contributed by atoms with van der Waals surface area (Å²) in [4.78, 5) is 12.8. The van der Waals surface area contributed by atoms with E-state index in [2.05, 4.69) is 10.6 Å². The van der Waals surface area contributed by atoms with Gasteiger partial charge < -0.3 is 15.4 Å². The number of ether oxygens (including phenoxy) is 1. The minimum Gasteiger partial charge on any atom is -0.484 e. The summed E-state index contributed by atoms with van der Waals surface area (Å²) in [6, 6.07) is 11.7. The molecule has 2 N–H and O–H groups in total. The van der Waals surface area contributed by atoms with Gasteiger partial charge in [-0.1, -0.05) is 18.2 Å². The summed E-state index contributed by atoms with van der Waals surface area (Å²) >= 11 is 1.62. The Balaban J connectivity index is 1.72. The van der Waals surface area contributed by atoms with Gasteiger partial charge in [0.05, 0.1) is 6.54 Å². The molecule has 2 rings (SSSR count). The van der Waals surface area contributed by atoms with Crippen LogP contribution in [0.2, 0.25) is 0 Å². The van der Waals surface area contributed by atoms with Gasteiger partial charge in [-0.2, -0.15) is 0 Å². The van der Waals surface area contributed by atoms with Crippen LogP contribution in [0.15, 0.2) is 41.8 Å². The Morgan fingerprint density at radius 2 is 2.00 bits per heavy atom. The molecule has 2 aromatic rings. The van der Waals surface area contributed by atoms with Gasteiger partial charge in [0.25, 0.3) is 5.91 Å². The third kappa shape index (κ3) is 4.68. The lowest BCUT2D eigenvalue weighted by Gasteiger charge is -2.07. The number of carbonyl (C=O) groups is 1. The quantitative estimate of drug-likeness (QED) is 0.821. The van der Waals surface area contributed by atoms with E-state index < -0.39 is 0 Å². The number of amides is 1. The van der Waals surface area contributed by atoms with E-state index in [0.29, 0.717) is 12.3 Å². The highest BCUT2D eigenvalue weighted by Crippen LogP contribution is 2.12. The van der Waals surface area contributed by atoms with E-state index in [9.17, 15) is 4.79 Å². The molecule has 0 bridgehead atoms. The first-order valence-electron chi connectivity index (χ1n) is 6.43. The van der Waals surface area contributed by atoms with Crippen LogP contribution in [0.3, 0.4) is 0 Å². The SMILES string of the molecule is CNCc1ccc(OCC(=O)NCc2cccs2)cc1. The molecule has 0 spiro atoms. The van der Waals surface area contributed by atoms with Gasteiger partial charge in [0.2, 0.25) is 0 Å². The Hall–Kier alpha value is -1.85. The van der Waals surface area contributed by atoms with E-state index in [1.54, 1.807) is 11.3 Å². The molecule has 5 heteroatoms. The largest absolute Gasteiger partial charge is 0.484 e. The van der Waals surface area contributed by atoms with Crippen molar-refractivity contribution in [2.45, 2.75) is 13.1 Å². The van der Waals surface area contributed by atoms with Crippen molar-refractivity contribution < 1.29 is 9.53 Å². The molecule has 0 fully saturated rings. The van der Waals surface area contributed by atoms with Gasteiger partial charge in [-0.25, -0.2) is 0 Å². The van der Waals surface area contributed by atoms with Crippen molar-refractivity contribution in [2.75, 3.05) is 13.7 Å². The Morgan fingerprint density at radius 3 is 2.65 bits per heavy atom. The molecule has 0 saturated carbocycles. The molecule has 0 aliphatic carbocycles. The first-order valence-corrected chi connectivity index (χ1v) is 7.31. The van der Waals surface area contributed by atoms with Gasteiger partial charge in [-0.15, -0.1) is 11.3 Å². The molecule has 106 valence electrons. The number of carbonyl (C=O) groups excluding carboxylic acids is 1. The number of nitrogens with one attached hydrogen (secondary N) is 2. The van der Waals surface area contributed by atoms with Crippen molar-refractivity contribution >= 4 is 17.2 Å². The fourth-order valence-corrected chi connectivity index (χ4v) is 2.35. The van der Waals surface area contributed by atoms with Crippen molar-refractivity contribution in [3.8, 4) is 5.75 Å². The minimum absolute atomic E-state index is 0.0384. The summed E-state index contributed by atoms with van der Waals surface area (Å²) in [5, 5.41) is 7.89. The number of hydrogen-bond donors (Lipinski definition) is 2. The van der Waals surface area contributed by atoms with Crippen molar-refractivity contribution in [1.82, 2.24) is 10.6 Å². The minimum atomic E-state index is -0.113. The summed E-state index contributed by atoms with van der Waals surface area (Å²) in [5.74, 6) is 0.592. The van der Waals surface area contributed by atoms with Crippen molar-refractivity contribution in [2.24, 2.45) is 0 Å². The second kappa shape index (κ2) is 7.67. The van der Waals surface area contributed by atoms with Crippen LogP contribution in [-0.2, 0) is 17.9 Å². The summed E-state index contributed by atoms with van der Waals surface area (Å²) in [5.41, 5.74) is 1.18. The fraction of sp³-hybridized carbons (Fsp3) is 0.267. The van der Waals surface area contributed by atoms with Crippen LogP contribution in [0.25, 0.3) is 0 Å². The molecule has 0 unspecified atom stereocenters. The van der Waals surface area contributed by atoms with Crippen molar-refractivity contribution in [3.05, 3.63) is 52.2 Å². The highest BCUT2D eigenvalue weighted by Gasteiger charge is 2.03. The third-order valence-electron chi connectivity index (χ3n) is 2.71. The number of benzene rings is 1. The van der Waals surface area contributed by atoms with Crippen LogP contribution < -0.4 is 15.4 Å². The van der Waals surface area contributed by atoms with Gasteiger partial charge in [-0.3, -0.25) is 4.79 Å². The van der Waals surface area contributed by atoms with Gasteiger partial charge in [0.1, 0.15) is 5.75 Å². The van der Waals surface area contributed by atoms with E-state index in [1.807, 2.05) is 48.8 Å². The first-order chi connectivity index (χ1) is 9.78. The highest BCUT2D eigenvalue weighted by molar-refractivity contribution is 7.09. The number of hydrogen-bond acceptors (Lipinski definition) is 4. The van der Waals surface area contributed by atoms with E-state index in [1.165, 1.54) is 5.56 Å². The molecule has 0 saturated heterocycles. The van der Waals surface area contributed by atoms with Crippen LogP contribution >= 0.6 is 11.3 Å². The smallest absolute Gasteiger partial charge is 0.258 e. The maximum absolute atomic E-state index is 11.6. The standard InChI is InChI=1S/C15H18N2O2S/c1-16-9-12-4-6-13(7-5-12)19-11-15(18)17-10-14-3-2-8-20-14/h2-8,16H,9-11H2,1H3,(H,17,18). The summed E-state index contributed by atoms with van der Waals surface area (Å²) in [7, 11) is 1.91. The molecule has 1 aromatic heterocycles. The predicted molar refractivity (Wildman–Crippen MR) is 80.9 cm³/mol. The van der Waals surface area contributed by atoms with Gasteiger partial charge in [0, 0.05) is 11.4 Å². The third-order valence-corrected chi connectivity index (χ3v) is 3.59. The molecule has 0 aliphatic heterocycles. The highest BCUT2D eigenvalue weighted by atomic mass is 32.1. The lowest BCUT2D eigenvalue weighted by Crippen LogP contribution is -2.28. The van der Waals surface area contributed by atoms with E-state index in [0.717, 1.165) is 11.4 Å². The lowest BCUT2D eigenvalue weighted by atomic mass is 10.2. The summed E-state index contributed by atoms with van der Waals surface area (Å²) in [6.07, 6.45) is 0. The first kappa shape index (κ1) is 14.6. The van der Waals surface area contributed by atoms with Crippen molar-refractivity contribution in [1.29, 1.82) is 0 Å². The molecule has 1 amide bonds. The van der Waals surface area contributed by atoms with Gasteiger partial charge >= 0.3 is 0 Å². The molecule has 0 atom stereocenters. The average molecular weight is 290 g/mol. The summed E-state index contributed by atoms with van der Waals surface area (Å²) < 4.78 is 5.44. The van der Waals surface area contributed by atoms with Crippen LogP contribution in [0, 0.1) is 0 Å².